The van der Waals surface area contributed by atoms with Gasteiger partial charge in [0.25, 0.3) is 0 Å². The summed E-state index contributed by atoms with van der Waals surface area (Å²) in [5.41, 5.74) is 4.32. The molecule has 29 heavy (non-hydrogen) atoms. The lowest BCUT2D eigenvalue weighted by Gasteiger charge is -2.11. The number of thiazole rings is 1. The topological polar surface area (TPSA) is 88.2 Å². The zero-order valence-corrected chi connectivity index (χ0v) is 16.4. The first-order chi connectivity index (χ1) is 18.8. The number of hydrogen-bond acceptors (Lipinski definition) is 5. The number of nitrogen functional groups attached to an aromatic ring is 1. The molecule has 2 aromatic carbocycles. The summed E-state index contributed by atoms with van der Waals surface area (Å²) in [6.45, 7) is 1.30. The Morgan fingerprint density at radius 1 is 1.34 bits per heavy atom. The van der Waals surface area contributed by atoms with Crippen molar-refractivity contribution in [3.8, 4) is 0 Å². The van der Waals surface area contributed by atoms with Crippen LogP contribution in [-0.4, -0.2) is 16.0 Å². The van der Waals surface area contributed by atoms with E-state index in [2.05, 4.69) is 10.3 Å². The highest BCUT2D eigenvalue weighted by Crippen LogP contribution is 2.21. The predicted octanol–water partition coefficient (Wildman–Crippen LogP) is 4.66. The fraction of sp³-hybridized carbons (Fsp3) is 0.304. The number of carbonyl (C=O) groups is 1. The minimum Gasteiger partial charge on any atom is -0.388 e. The Hall–Kier alpha value is -2.70. The van der Waals surface area contributed by atoms with Gasteiger partial charge in [-0.1, -0.05) is 48.2 Å². The summed E-state index contributed by atoms with van der Waals surface area (Å²) in [5.74, 6) is -0.729. The summed E-state index contributed by atoms with van der Waals surface area (Å²) in [5, 5.41) is 13.3. The summed E-state index contributed by atoms with van der Waals surface area (Å²) in [7, 11) is 0. The van der Waals surface area contributed by atoms with E-state index < -0.39 is 78.7 Å². The van der Waals surface area contributed by atoms with Crippen molar-refractivity contribution >= 4 is 28.1 Å². The molecule has 0 fully saturated rings. The molecule has 4 N–H and O–H groups in total. The van der Waals surface area contributed by atoms with Crippen LogP contribution in [0.15, 0.2) is 53.7 Å². The van der Waals surface area contributed by atoms with E-state index in [4.69, 9.17) is 22.2 Å². The molecule has 3 rings (SSSR count). The van der Waals surface area contributed by atoms with Crippen LogP contribution in [0, 0.1) is 6.92 Å². The highest BCUT2D eigenvalue weighted by atomic mass is 32.1. The highest BCUT2D eigenvalue weighted by Gasteiger charge is 2.08. The number of hydrogen-bond donors (Lipinski definition) is 3. The maximum atomic E-state index is 12.5. The second kappa shape index (κ2) is 10.2. The van der Waals surface area contributed by atoms with Gasteiger partial charge in [0.05, 0.1) is 31.9 Å². The van der Waals surface area contributed by atoms with Crippen molar-refractivity contribution in [2.75, 3.05) is 11.1 Å². The van der Waals surface area contributed by atoms with Crippen LogP contribution in [0.1, 0.15) is 64.1 Å². The Bertz CT molecular complexity index is 1470. The van der Waals surface area contributed by atoms with Crippen LogP contribution in [-0.2, 0) is 17.6 Å². The van der Waals surface area contributed by atoms with E-state index in [-0.39, 0.29) is 52.3 Å². The lowest BCUT2D eigenvalue weighted by atomic mass is 10.00. The van der Waals surface area contributed by atoms with Gasteiger partial charge in [-0.25, -0.2) is 4.98 Å². The number of carbonyl (C=O) groups excluding carboxylic acids is 1. The molecule has 0 aliphatic rings. The highest BCUT2D eigenvalue weighted by molar-refractivity contribution is 7.13. The third-order valence-electron chi connectivity index (χ3n) is 3.67. The largest absolute Gasteiger partial charge is 0.388 e. The third-order valence-corrected chi connectivity index (χ3v) is 4.31. The minimum absolute atomic E-state index is 0.0198. The lowest BCUT2D eigenvalue weighted by molar-refractivity contribution is -0.115. The molecule has 0 aliphatic carbocycles. The molecule has 0 spiro atoms. The van der Waals surface area contributed by atoms with Gasteiger partial charge in [0.1, 0.15) is 0 Å². The number of anilines is 2. The Labute approximate surface area is 192 Å². The van der Waals surface area contributed by atoms with Crippen molar-refractivity contribution in [3.63, 3.8) is 0 Å². The normalized spacial score (nSPS) is 19.4. The van der Waals surface area contributed by atoms with Crippen molar-refractivity contribution < 1.29 is 26.4 Å². The summed E-state index contributed by atoms with van der Waals surface area (Å²) >= 11 is 0.874. The zero-order chi connectivity index (χ0) is 31.2. The standard InChI is InChI=1S/C23H27N3O2S/c1-16-5-4-7-18(13-16)21(27)8-3-2-6-17-9-11-19(12-10-17)25-22(28)14-20-15-29-23(24)26-20/h4-5,7,9-13,15,21,27H,2-3,6,8,14H2,1H3,(H2,24,26)(H,25,28)/t21-/m0/s1/i4D,5D,7D,8D2,9D,10D,11D,12D,13D,15D,21D. The summed E-state index contributed by atoms with van der Waals surface area (Å²) < 4.78 is 97.9. The van der Waals surface area contributed by atoms with Gasteiger partial charge in [-0.3, -0.25) is 4.79 Å². The van der Waals surface area contributed by atoms with E-state index >= 15 is 0 Å². The quantitative estimate of drug-likeness (QED) is 0.469. The van der Waals surface area contributed by atoms with Crippen LogP contribution < -0.4 is 11.1 Å². The minimum atomic E-state index is -3.14. The smallest absolute Gasteiger partial charge is 0.230 e. The summed E-state index contributed by atoms with van der Waals surface area (Å²) in [6, 6.07) is -4.55. The molecule has 152 valence electrons. The van der Waals surface area contributed by atoms with E-state index in [1.807, 2.05) is 0 Å². The van der Waals surface area contributed by atoms with Gasteiger partial charge in [-0.2, -0.15) is 0 Å². The molecule has 5 nitrogen and oxygen atoms in total. The lowest BCUT2D eigenvalue weighted by Crippen LogP contribution is -2.14. The van der Waals surface area contributed by atoms with Crippen LogP contribution in [0.25, 0.3) is 0 Å². The van der Waals surface area contributed by atoms with Crippen LogP contribution in [0.5, 0.6) is 0 Å². The Balaban J connectivity index is 1.81. The molecule has 0 aliphatic heterocycles. The Morgan fingerprint density at radius 2 is 2.14 bits per heavy atom. The number of rotatable bonds is 9. The van der Waals surface area contributed by atoms with Crippen LogP contribution in [0.2, 0.25) is 0 Å². The first-order valence-corrected chi connectivity index (χ1v) is 9.55. The molecule has 3 aromatic rings. The predicted molar refractivity (Wildman–Crippen MR) is 119 cm³/mol. The molecule has 1 atom stereocenters. The molecular formula is C23H27N3O2S. The van der Waals surface area contributed by atoms with E-state index in [1.54, 1.807) is 0 Å². The van der Waals surface area contributed by atoms with Crippen molar-refractivity contribution in [3.05, 3.63) is 76.1 Å². The van der Waals surface area contributed by atoms with E-state index in [0.717, 1.165) is 11.3 Å². The molecule has 1 amide bonds. The number of amides is 1. The molecule has 0 saturated heterocycles. The van der Waals surface area contributed by atoms with E-state index in [9.17, 15) is 9.90 Å². The van der Waals surface area contributed by atoms with Gasteiger partial charge in [0.15, 0.2) is 5.13 Å². The van der Waals surface area contributed by atoms with Crippen molar-refractivity contribution in [1.82, 2.24) is 4.98 Å². The molecule has 1 aromatic heterocycles. The fourth-order valence-corrected chi connectivity index (χ4v) is 2.84. The van der Waals surface area contributed by atoms with Gasteiger partial charge in [0, 0.05) is 13.8 Å². The van der Waals surface area contributed by atoms with Crippen LogP contribution in [0.4, 0.5) is 10.8 Å². The van der Waals surface area contributed by atoms with Gasteiger partial charge in [-0.05, 0) is 49.4 Å². The third kappa shape index (κ3) is 6.69. The molecular weight excluding hydrogens is 382 g/mol. The maximum absolute atomic E-state index is 12.5. The number of aromatic nitrogens is 1. The second-order valence-corrected chi connectivity index (χ2v) is 6.88. The average molecular weight is 422 g/mol. The fourth-order valence-electron chi connectivity index (χ4n) is 2.34. The van der Waals surface area contributed by atoms with Gasteiger partial charge in [-0.15, -0.1) is 11.3 Å². The molecule has 0 unspecified atom stereocenters. The number of benzene rings is 2. The number of nitrogens with two attached hydrogens (primary N) is 1. The number of nitrogens with one attached hydrogen (secondary N) is 1. The average Bonchev–Trinajstić information content (AvgIpc) is 3.20. The first kappa shape index (κ1) is 10.4. The zero-order valence-electron chi connectivity index (χ0n) is 27.6. The maximum Gasteiger partial charge on any atom is 0.230 e. The van der Waals surface area contributed by atoms with Gasteiger partial charge in [0.2, 0.25) is 5.91 Å². The molecule has 6 heteroatoms. The number of aliphatic hydroxyl groups is 1. The summed E-state index contributed by atoms with van der Waals surface area (Å²) in [6.07, 6.45) is -7.20. The van der Waals surface area contributed by atoms with Crippen LogP contribution in [0.3, 0.4) is 0 Å². The van der Waals surface area contributed by atoms with Crippen LogP contribution >= 0.6 is 11.3 Å². The summed E-state index contributed by atoms with van der Waals surface area (Å²) in [4.78, 5) is 16.3. The second-order valence-electron chi connectivity index (χ2n) is 6.06. The van der Waals surface area contributed by atoms with E-state index in [1.165, 1.54) is 6.92 Å². The van der Waals surface area contributed by atoms with Crippen molar-refractivity contribution in [2.45, 2.75) is 45.1 Å². The molecule has 0 radical (unpaired) electrons. The monoisotopic (exact) mass is 421 g/mol. The van der Waals surface area contributed by atoms with Crippen molar-refractivity contribution in [1.29, 1.82) is 0 Å². The van der Waals surface area contributed by atoms with E-state index in [0.29, 0.717) is 0 Å². The molecule has 1 heterocycles. The molecule has 0 bridgehead atoms. The van der Waals surface area contributed by atoms with Crippen molar-refractivity contribution in [2.24, 2.45) is 0 Å². The number of nitrogens with zero attached hydrogens (tertiary/aromatic N) is 1. The SMILES string of the molecule is [2H]c1sc(N)nc1CC(=O)Nc1c([2H])c([2H])c(CCCC([2H])([2H])[C@]([2H])(O)c2c([2H])c([2H])c([2H])c(C)c2[2H])c([2H])c1[2H]. The Morgan fingerprint density at radius 3 is 2.86 bits per heavy atom. The first-order valence-electron chi connectivity index (χ1n) is 14.7. The van der Waals surface area contributed by atoms with Gasteiger partial charge >= 0.3 is 0 Å². The molecule has 0 saturated carbocycles. The van der Waals surface area contributed by atoms with Gasteiger partial charge < -0.3 is 16.2 Å². The Kier molecular flexibility index (Phi) is 3.64.